The summed E-state index contributed by atoms with van der Waals surface area (Å²) in [6, 6.07) is 145. The standard InChI is InChI=1S/2C56H35N5S/c1-5-17-36(18-6-1)39-23-15-24-40(31-39)41-32-47(56-59-54(37-19-7-2-8-20-37)58-55(60-56)38-21-9-3-10-22-38)53(57-35-41)44-28-16-30-50-52(44)46-33-45-43-27-13-14-29-48(43)61(42-25-11-4-12-26-42)49(45)34-51(46)62-50;1-5-16-36(17-6-1)39-22-15-23-40(30-39)42-32-48(56-59-54(37-18-7-2-8-19-37)58-55(60-56)38-20-9-3-10-21-38)53(57-35-42)41-28-29-51-46(31-41)47-33-45-44-26-13-14-27-49(44)61(43-24-11-4-12-25-43)50(45)34-52(47)62-51/h2*1-35H. The molecular weight excluding hydrogens is 1550 g/mol. The molecule has 0 unspecified atom stereocenters. The Bertz CT molecular complexity index is 8090. The number of aromatic nitrogens is 10. The van der Waals surface area contributed by atoms with E-state index < -0.39 is 0 Å². The van der Waals surface area contributed by atoms with Gasteiger partial charge in [0.05, 0.1) is 33.5 Å². The topological polar surface area (TPSA) is 113 Å². The first-order valence-corrected chi connectivity index (χ1v) is 43.0. The lowest BCUT2D eigenvalue weighted by atomic mass is 9.95. The summed E-state index contributed by atoms with van der Waals surface area (Å²) in [6.07, 6.45) is 3.98. The van der Waals surface area contributed by atoms with Crippen LogP contribution in [0.5, 0.6) is 0 Å². The molecule has 0 bridgehead atoms. The summed E-state index contributed by atoms with van der Waals surface area (Å²) in [5.74, 6) is 3.55. The molecule has 0 amide bonds. The highest BCUT2D eigenvalue weighted by Gasteiger charge is 2.26. The van der Waals surface area contributed by atoms with Crippen LogP contribution < -0.4 is 0 Å². The fourth-order valence-electron chi connectivity index (χ4n) is 17.5. The van der Waals surface area contributed by atoms with Crippen molar-refractivity contribution in [3.8, 4) is 147 Å². The Morgan fingerprint density at radius 2 is 0.524 bits per heavy atom. The number of rotatable bonds is 14. The molecule has 0 radical (unpaired) electrons. The van der Waals surface area contributed by atoms with Crippen molar-refractivity contribution < 1.29 is 0 Å². The molecule has 0 atom stereocenters. The molecule has 0 saturated carbocycles. The van der Waals surface area contributed by atoms with Gasteiger partial charge >= 0.3 is 0 Å². The summed E-state index contributed by atoms with van der Waals surface area (Å²) in [5.41, 5.74) is 24.7. The number of nitrogens with zero attached hydrogens (tertiary/aromatic N) is 10. The number of para-hydroxylation sites is 4. The number of hydrogen-bond donors (Lipinski definition) is 0. The second-order valence-corrected chi connectivity index (χ2v) is 33.1. The van der Waals surface area contributed by atoms with Gasteiger partial charge < -0.3 is 9.13 Å². The minimum absolute atomic E-state index is 0.561. The molecule has 24 aromatic rings. The maximum Gasteiger partial charge on any atom is 0.166 e. The van der Waals surface area contributed by atoms with Crippen molar-refractivity contribution >= 4 is 107 Å². The zero-order valence-corrected chi connectivity index (χ0v) is 68.3. The summed E-state index contributed by atoms with van der Waals surface area (Å²) < 4.78 is 9.64. The number of hydrogen-bond acceptors (Lipinski definition) is 10. The van der Waals surface area contributed by atoms with Crippen molar-refractivity contribution in [2.45, 2.75) is 0 Å². The van der Waals surface area contributed by atoms with Gasteiger partial charge in [0.25, 0.3) is 0 Å². The monoisotopic (exact) mass is 1620 g/mol. The molecule has 0 aliphatic heterocycles. The summed E-state index contributed by atoms with van der Waals surface area (Å²) >= 11 is 3.64. The SMILES string of the molecule is c1ccc(-c2cccc(-c3cnc(-c4ccc5sc6cc7c(cc6c5c4)c4ccccc4n7-c4ccccc4)c(-c4nc(-c5ccccc5)nc(-c5ccccc5)n4)c3)c2)cc1.c1ccc(-c2cccc(-c3cnc(-c4cccc5sc6cc7c(cc6c45)c4ccccc4n7-c4ccccc4)c(-c4nc(-c5ccccc5)nc(-c5ccccc5)n4)c3)c2)cc1. The van der Waals surface area contributed by atoms with Crippen molar-refractivity contribution in [1.82, 2.24) is 49.0 Å². The maximum absolute atomic E-state index is 5.40. The minimum Gasteiger partial charge on any atom is -0.309 e. The molecule has 0 aliphatic carbocycles. The van der Waals surface area contributed by atoms with E-state index in [0.29, 0.717) is 34.9 Å². The lowest BCUT2D eigenvalue weighted by Gasteiger charge is -2.14. The van der Waals surface area contributed by atoms with E-state index in [4.69, 9.17) is 39.9 Å². The van der Waals surface area contributed by atoms with Gasteiger partial charge in [-0.05, 0) is 137 Å². The third kappa shape index (κ3) is 13.4. The van der Waals surface area contributed by atoms with Gasteiger partial charge in [-0.15, -0.1) is 22.7 Å². The van der Waals surface area contributed by atoms with Crippen LogP contribution in [-0.2, 0) is 0 Å². The average molecular weight is 1620 g/mol. The zero-order valence-electron chi connectivity index (χ0n) is 66.7. The van der Waals surface area contributed by atoms with E-state index in [1.807, 2.05) is 169 Å². The van der Waals surface area contributed by atoms with Crippen LogP contribution in [-0.4, -0.2) is 49.0 Å². The largest absolute Gasteiger partial charge is 0.309 e. The third-order valence-corrected chi connectivity index (χ3v) is 25.6. The van der Waals surface area contributed by atoms with Crippen LogP contribution in [0.4, 0.5) is 0 Å². The predicted octanol–water partition coefficient (Wildman–Crippen LogP) is 29.5. The van der Waals surface area contributed by atoms with Crippen LogP contribution >= 0.6 is 22.7 Å². The van der Waals surface area contributed by atoms with Gasteiger partial charge in [0, 0.05) is 141 Å². The fourth-order valence-corrected chi connectivity index (χ4v) is 19.7. The van der Waals surface area contributed by atoms with Crippen molar-refractivity contribution in [2.75, 3.05) is 0 Å². The molecule has 0 spiro atoms. The second kappa shape index (κ2) is 31.2. The number of benzene rings is 16. The molecule has 0 aliphatic rings. The van der Waals surface area contributed by atoms with Gasteiger partial charge in [0.15, 0.2) is 34.9 Å². The number of thiophene rings is 2. The van der Waals surface area contributed by atoms with Gasteiger partial charge in [-0.2, -0.15) is 0 Å². The first-order valence-electron chi connectivity index (χ1n) is 41.4. The van der Waals surface area contributed by atoms with Crippen LogP contribution in [0.15, 0.2) is 425 Å². The Morgan fingerprint density at radius 3 is 0.984 bits per heavy atom. The molecule has 24 rings (SSSR count). The van der Waals surface area contributed by atoms with Crippen molar-refractivity contribution in [3.63, 3.8) is 0 Å². The number of pyridine rings is 2. The Balaban J connectivity index is 0.000000143. The highest BCUT2D eigenvalue weighted by atomic mass is 32.1. The number of fused-ring (bicyclic) bond motifs is 12. The lowest BCUT2D eigenvalue weighted by molar-refractivity contribution is 1.07. The van der Waals surface area contributed by atoms with Crippen LogP contribution in [0.25, 0.3) is 231 Å². The van der Waals surface area contributed by atoms with Crippen LogP contribution in [0.1, 0.15) is 0 Å². The summed E-state index contributed by atoms with van der Waals surface area (Å²) in [4.78, 5) is 41.7. The smallest absolute Gasteiger partial charge is 0.166 e. The molecule has 124 heavy (non-hydrogen) atoms. The van der Waals surface area contributed by atoms with Crippen molar-refractivity contribution in [1.29, 1.82) is 0 Å². The molecule has 0 saturated heterocycles. The molecular formula is C112H70N10S2. The first-order chi connectivity index (χ1) is 61.4. The van der Waals surface area contributed by atoms with Gasteiger partial charge in [0.2, 0.25) is 0 Å². The summed E-state index contributed by atoms with van der Waals surface area (Å²) in [7, 11) is 0. The van der Waals surface area contributed by atoms with Gasteiger partial charge in [-0.1, -0.05) is 309 Å². The molecule has 16 aromatic carbocycles. The van der Waals surface area contributed by atoms with Crippen molar-refractivity contribution in [3.05, 3.63) is 425 Å². The van der Waals surface area contributed by atoms with E-state index in [2.05, 4.69) is 288 Å². The Hall–Kier alpha value is -16.1. The van der Waals surface area contributed by atoms with Crippen LogP contribution in [0, 0.1) is 0 Å². The van der Waals surface area contributed by atoms with E-state index >= 15 is 0 Å². The molecule has 580 valence electrons. The van der Waals surface area contributed by atoms with E-state index in [9.17, 15) is 0 Å². The first kappa shape index (κ1) is 73.1. The molecule has 10 nitrogen and oxygen atoms in total. The lowest BCUT2D eigenvalue weighted by Crippen LogP contribution is -2.02. The van der Waals surface area contributed by atoms with Crippen LogP contribution in [0.2, 0.25) is 0 Å². The summed E-state index contributed by atoms with van der Waals surface area (Å²) in [5, 5.41) is 9.68. The van der Waals surface area contributed by atoms with Crippen molar-refractivity contribution in [2.24, 2.45) is 0 Å². The van der Waals surface area contributed by atoms with E-state index in [1.165, 1.54) is 84.0 Å². The third-order valence-electron chi connectivity index (χ3n) is 23.4. The minimum atomic E-state index is 0.561. The van der Waals surface area contributed by atoms with E-state index in [1.54, 1.807) is 0 Å². The fraction of sp³-hybridized carbons (Fsp3) is 0. The molecule has 0 fully saturated rings. The zero-order chi connectivity index (χ0) is 82.0. The molecule has 8 aromatic heterocycles. The van der Waals surface area contributed by atoms with Gasteiger partial charge in [-0.3, -0.25) is 9.97 Å². The molecule has 12 heteroatoms. The highest BCUT2D eigenvalue weighted by molar-refractivity contribution is 7.26. The quantitative estimate of drug-likeness (QED) is 0.106. The van der Waals surface area contributed by atoms with Crippen LogP contribution in [0.3, 0.4) is 0 Å². The Kier molecular flexibility index (Phi) is 18.4. The van der Waals surface area contributed by atoms with Gasteiger partial charge in [-0.25, -0.2) is 29.9 Å². The Morgan fingerprint density at radius 1 is 0.177 bits per heavy atom. The normalized spacial score (nSPS) is 11.5. The second-order valence-electron chi connectivity index (χ2n) is 30.9. The van der Waals surface area contributed by atoms with E-state index in [-0.39, 0.29) is 0 Å². The predicted molar refractivity (Wildman–Crippen MR) is 515 cm³/mol. The maximum atomic E-state index is 5.40. The van der Waals surface area contributed by atoms with E-state index in [0.717, 1.165) is 112 Å². The Labute approximate surface area is 722 Å². The summed E-state index contributed by atoms with van der Waals surface area (Å²) in [6.45, 7) is 0. The molecule has 0 N–H and O–H groups in total. The van der Waals surface area contributed by atoms with Gasteiger partial charge in [0.1, 0.15) is 0 Å². The highest BCUT2D eigenvalue weighted by Crippen LogP contribution is 2.48. The molecule has 8 heterocycles. The average Bonchev–Trinajstić information content (AvgIpc) is 1.56.